The second kappa shape index (κ2) is 4.89. The second-order valence-electron chi connectivity index (χ2n) is 6.82. The van der Waals surface area contributed by atoms with Crippen LogP contribution >= 0.6 is 0 Å². The van der Waals surface area contributed by atoms with Crippen molar-refractivity contribution >= 4 is 11.8 Å². The molecule has 0 aromatic carbocycles. The maximum atomic E-state index is 12.5. The average molecular weight is 267 g/mol. The summed E-state index contributed by atoms with van der Waals surface area (Å²) in [5.41, 5.74) is -1.45. The molecule has 1 saturated carbocycles. The van der Waals surface area contributed by atoms with Gasteiger partial charge >= 0.3 is 0 Å². The van der Waals surface area contributed by atoms with Gasteiger partial charge in [0.2, 0.25) is 11.8 Å². The first kappa shape index (κ1) is 14.5. The first-order valence-electron chi connectivity index (χ1n) is 7.36. The number of carbonyl (C=O) groups is 2. The Balaban J connectivity index is 2.13. The van der Waals surface area contributed by atoms with E-state index >= 15 is 0 Å². The number of hydrogen-bond donors (Lipinski definition) is 1. The molecule has 1 aliphatic heterocycles. The highest BCUT2D eigenvalue weighted by atomic mass is 16.3. The third-order valence-corrected chi connectivity index (χ3v) is 5.06. The predicted molar refractivity (Wildman–Crippen MR) is 72.3 cm³/mol. The van der Waals surface area contributed by atoms with E-state index in [0.29, 0.717) is 12.8 Å². The highest BCUT2D eigenvalue weighted by Gasteiger charge is 2.51. The number of imide groups is 1. The predicted octanol–water partition coefficient (Wildman–Crippen LogP) is 2.10. The maximum Gasteiger partial charge on any atom is 0.235 e. The fraction of sp³-hybridized carbons (Fsp3) is 0.867. The molecule has 0 bridgehead atoms. The molecule has 1 saturated heterocycles. The summed E-state index contributed by atoms with van der Waals surface area (Å²) >= 11 is 0. The van der Waals surface area contributed by atoms with E-state index in [1.54, 1.807) is 0 Å². The molecule has 2 fully saturated rings. The van der Waals surface area contributed by atoms with Crippen LogP contribution in [-0.4, -0.2) is 34.0 Å². The number of likely N-dealkylation sites (tertiary alicyclic amines) is 1. The van der Waals surface area contributed by atoms with E-state index in [1.807, 2.05) is 20.8 Å². The zero-order chi connectivity index (χ0) is 14.3. The Kier molecular flexibility index (Phi) is 3.74. The van der Waals surface area contributed by atoms with Crippen molar-refractivity contribution in [3.05, 3.63) is 0 Å². The summed E-state index contributed by atoms with van der Waals surface area (Å²) in [4.78, 5) is 25.9. The molecule has 1 aliphatic carbocycles. The highest BCUT2D eigenvalue weighted by Crippen LogP contribution is 2.40. The van der Waals surface area contributed by atoms with Crippen LogP contribution in [0, 0.1) is 11.3 Å². The van der Waals surface area contributed by atoms with Gasteiger partial charge in [-0.1, -0.05) is 33.1 Å². The summed E-state index contributed by atoms with van der Waals surface area (Å²) in [6.45, 7) is 6.00. The van der Waals surface area contributed by atoms with Gasteiger partial charge in [-0.2, -0.15) is 0 Å². The van der Waals surface area contributed by atoms with Crippen molar-refractivity contribution in [3.8, 4) is 0 Å². The molecular formula is C15H25NO3. The minimum Gasteiger partial charge on any atom is -0.388 e. The van der Waals surface area contributed by atoms with Crippen molar-refractivity contribution in [2.75, 3.05) is 6.54 Å². The summed E-state index contributed by atoms with van der Waals surface area (Å²) in [7, 11) is 0. The van der Waals surface area contributed by atoms with Crippen LogP contribution in [0.4, 0.5) is 0 Å². The van der Waals surface area contributed by atoms with Gasteiger partial charge in [0, 0.05) is 6.42 Å². The Morgan fingerprint density at radius 2 is 1.79 bits per heavy atom. The quantitative estimate of drug-likeness (QED) is 0.797. The minimum absolute atomic E-state index is 0.105. The van der Waals surface area contributed by atoms with Gasteiger partial charge in [-0.05, 0) is 25.7 Å². The van der Waals surface area contributed by atoms with Crippen LogP contribution in [0.25, 0.3) is 0 Å². The second-order valence-corrected chi connectivity index (χ2v) is 6.82. The van der Waals surface area contributed by atoms with Crippen molar-refractivity contribution in [2.45, 2.75) is 64.9 Å². The lowest BCUT2D eigenvalue weighted by atomic mass is 9.77. The van der Waals surface area contributed by atoms with Gasteiger partial charge in [0.25, 0.3) is 0 Å². The van der Waals surface area contributed by atoms with Gasteiger partial charge in [0.1, 0.15) is 0 Å². The molecule has 2 rings (SSSR count). The van der Waals surface area contributed by atoms with E-state index < -0.39 is 11.0 Å². The van der Waals surface area contributed by atoms with Crippen LogP contribution in [0.2, 0.25) is 0 Å². The first-order chi connectivity index (χ1) is 8.78. The van der Waals surface area contributed by atoms with Crippen LogP contribution in [0.1, 0.15) is 59.3 Å². The van der Waals surface area contributed by atoms with Crippen molar-refractivity contribution in [1.82, 2.24) is 4.90 Å². The lowest BCUT2D eigenvalue weighted by Crippen LogP contribution is -2.48. The zero-order valence-electron chi connectivity index (χ0n) is 12.2. The number of amides is 2. The van der Waals surface area contributed by atoms with E-state index in [1.165, 1.54) is 4.90 Å². The normalized spacial score (nSPS) is 31.3. The molecule has 4 nitrogen and oxygen atoms in total. The van der Waals surface area contributed by atoms with E-state index in [9.17, 15) is 14.7 Å². The zero-order valence-corrected chi connectivity index (χ0v) is 12.2. The fourth-order valence-corrected chi connectivity index (χ4v) is 3.18. The van der Waals surface area contributed by atoms with Gasteiger partial charge < -0.3 is 5.11 Å². The average Bonchev–Trinajstić information content (AvgIpc) is 2.55. The van der Waals surface area contributed by atoms with E-state index in [-0.39, 0.29) is 30.7 Å². The van der Waals surface area contributed by atoms with Crippen LogP contribution in [0.3, 0.4) is 0 Å². The number of nitrogens with zero attached hydrogens (tertiary/aromatic N) is 1. The van der Waals surface area contributed by atoms with E-state index in [2.05, 4.69) is 0 Å². The maximum absolute atomic E-state index is 12.5. The Labute approximate surface area is 115 Å². The lowest BCUT2D eigenvalue weighted by Gasteiger charge is -2.35. The molecule has 19 heavy (non-hydrogen) atoms. The Morgan fingerprint density at radius 1 is 1.21 bits per heavy atom. The summed E-state index contributed by atoms with van der Waals surface area (Å²) in [6.07, 6.45) is 4.76. The van der Waals surface area contributed by atoms with Gasteiger partial charge in [0.05, 0.1) is 17.6 Å². The van der Waals surface area contributed by atoms with Crippen LogP contribution < -0.4 is 0 Å². The van der Waals surface area contributed by atoms with Crippen LogP contribution in [-0.2, 0) is 9.59 Å². The summed E-state index contributed by atoms with van der Waals surface area (Å²) in [5.74, 6) is -0.0957. The molecule has 4 heteroatoms. The molecule has 1 N–H and O–H groups in total. The molecule has 1 atom stereocenters. The number of hydrogen-bond acceptors (Lipinski definition) is 3. The lowest BCUT2D eigenvalue weighted by molar-refractivity contribution is -0.147. The third kappa shape index (κ3) is 2.55. The first-order valence-corrected chi connectivity index (χ1v) is 7.36. The van der Waals surface area contributed by atoms with Gasteiger partial charge in [-0.15, -0.1) is 0 Å². The molecular weight excluding hydrogens is 242 g/mol. The molecule has 2 amide bonds. The number of aliphatic hydroxyl groups is 1. The van der Waals surface area contributed by atoms with Gasteiger partial charge in [0.15, 0.2) is 0 Å². The Bertz CT molecular complexity index is 385. The summed E-state index contributed by atoms with van der Waals surface area (Å²) in [5, 5.41) is 10.5. The fourth-order valence-electron chi connectivity index (χ4n) is 3.18. The van der Waals surface area contributed by atoms with Crippen LogP contribution in [0.5, 0.6) is 0 Å². The Morgan fingerprint density at radius 3 is 2.26 bits per heavy atom. The Hall–Kier alpha value is -0.900. The molecule has 1 heterocycles. The number of rotatable bonds is 3. The largest absolute Gasteiger partial charge is 0.388 e. The molecule has 1 unspecified atom stereocenters. The summed E-state index contributed by atoms with van der Waals surface area (Å²) < 4.78 is 0. The van der Waals surface area contributed by atoms with Crippen LogP contribution in [0.15, 0.2) is 0 Å². The smallest absolute Gasteiger partial charge is 0.235 e. The monoisotopic (exact) mass is 267 g/mol. The van der Waals surface area contributed by atoms with Crippen molar-refractivity contribution < 1.29 is 14.7 Å². The highest BCUT2D eigenvalue weighted by molar-refractivity contribution is 6.05. The number of β-amino-alcohol motifs (C(OH)–C–C–N with tert-alkyl or cyclic N) is 1. The summed E-state index contributed by atoms with van der Waals surface area (Å²) in [6, 6.07) is 0. The SMILES string of the molecule is CC(C)C1(C)CC(=O)N(CC2(O)CCCCC2)C1=O. The topological polar surface area (TPSA) is 57.6 Å². The van der Waals surface area contributed by atoms with E-state index in [0.717, 1.165) is 19.3 Å². The van der Waals surface area contributed by atoms with Crippen molar-refractivity contribution in [2.24, 2.45) is 11.3 Å². The van der Waals surface area contributed by atoms with E-state index in [4.69, 9.17) is 0 Å². The molecule has 0 spiro atoms. The molecule has 2 aliphatic rings. The van der Waals surface area contributed by atoms with Gasteiger partial charge in [-0.25, -0.2) is 0 Å². The van der Waals surface area contributed by atoms with Crippen molar-refractivity contribution in [3.63, 3.8) is 0 Å². The van der Waals surface area contributed by atoms with Crippen molar-refractivity contribution in [1.29, 1.82) is 0 Å². The van der Waals surface area contributed by atoms with Gasteiger partial charge in [-0.3, -0.25) is 14.5 Å². The standard InChI is InChI=1S/C15H25NO3/c1-11(2)14(3)9-12(17)16(13(14)18)10-15(19)7-5-4-6-8-15/h11,19H,4-10H2,1-3H3. The molecule has 108 valence electrons. The number of carbonyl (C=O) groups excluding carboxylic acids is 2. The molecule has 0 aromatic heterocycles. The third-order valence-electron chi connectivity index (χ3n) is 5.06. The minimum atomic E-state index is -0.855. The molecule has 0 aromatic rings. The molecule has 0 radical (unpaired) electrons.